The zero-order valence-corrected chi connectivity index (χ0v) is 15.1. The van der Waals surface area contributed by atoms with E-state index in [1.807, 2.05) is 30.3 Å². The molecule has 1 aliphatic carbocycles. The first-order valence-corrected chi connectivity index (χ1v) is 9.19. The Morgan fingerprint density at radius 3 is 2.61 bits per heavy atom. The van der Waals surface area contributed by atoms with Gasteiger partial charge in [-0.05, 0) is 31.2 Å². The first-order valence-electron chi connectivity index (χ1n) is 9.19. The molecular formula is C21H19N3O4. The van der Waals surface area contributed by atoms with Crippen LogP contribution in [0.2, 0.25) is 0 Å². The van der Waals surface area contributed by atoms with Crippen LogP contribution in [-0.2, 0) is 11.2 Å². The minimum atomic E-state index is -0.852. The van der Waals surface area contributed by atoms with Gasteiger partial charge in [-0.15, -0.1) is 0 Å². The van der Waals surface area contributed by atoms with Gasteiger partial charge in [-0.1, -0.05) is 42.5 Å². The van der Waals surface area contributed by atoms with E-state index in [1.54, 1.807) is 22.9 Å². The van der Waals surface area contributed by atoms with Crippen molar-refractivity contribution in [3.63, 3.8) is 0 Å². The van der Waals surface area contributed by atoms with Gasteiger partial charge >= 0.3 is 5.97 Å². The van der Waals surface area contributed by atoms with E-state index in [-0.39, 0.29) is 18.0 Å². The zero-order chi connectivity index (χ0) is 19.7. The molecule has 0 amide bonds. The molecule has 0 bridgehead atoms. The van der Waals surface area contributed by atoms with E-state index in [4.69, 9.17) is 5.10 Å². The second kappa shape index (κ2) is 7.26. The summed E-state index contributed by atoms with van der Waals surface area (Å²) in [4.78, 5) is 22.6. The van der Waals surface area contributed by atoms with Gasteiger partial charge in [0, 0.05) is 22.9 Å². The number of para-hydroxylation sites is 2. The molecule has 1 heterocycles. The highest BCUT2D eigenvalue weighted by atomic mass is 16.6. The van der Waals surface area contributed by atoms with Gasteiger partial charge in [0.05, 0.1) is 17.0 Å². The van der Waals surface area contributed by atoms with Crippen molar-refractivity contribution in [1.82, 2.24) is 9.78 Å². The van der Waals surface area contributed by atoms with Crippen LogP contribution < -0.4 is 0 Å². The molecule has 0 aliphatic heterocycles. The number of nitro groups is 1. The molecule has 2 aromatic carbocycles. The molecular weight excluding hydrogens is 358 g/mol. The number of hydrogen-bond donors (Lipinski definition) is 1. The Balaban J connectivity index is 1.96. The molecule has 28 heavy (non-hydrogen) atoms. The Labute approximate surface area is 161 Å². The van der Waals surface area contributed by atoms with Crippen molar-refractivity contribution in [3.8, 4) is 16.9 Å². The zero-order valence-electron chi connectivity index (χ0n) is 15.1. The number of benzene rings is 2. The fourth-order valence-corrected chi connectivity index (χ4v) is 4.02. The Kier molecular flexibility index (Phi) is 4.65. The summed E-state index contributed by atoms with van der Waals surface area (Å²) in [5.41, 5.74) is 3.74. The van der Waals surface area contributed by atoms with Crippen LogP contribution in [0, 0.1) is 10.1 Å². The summed E-state index contributed by atoms with van der Waals surface area (Å²) in [6.45, 7) is 0. The summed E-state index contributed by atoms with van der Waals surface area (Å²) in [5, 5.41) is 25.7. The fourth-order valence-electron chi connectivity index (χ4n) is 4.02. The summed E-state index contributed by atoms with van der Waals surface area (Å²) < 4.78 is 1.64. The van der Waals surface area contributed by atoms with Crippen LogP contribution >= 0.6 is 0 Å². The monoisotopic (exact) mass is 377 g/mol. The van der Waals surface area contributed by atoms with E-state index in [0.29, 0.717) is 17.8 Å². The Morgan fingerprint density at radius 1 is 1.18 bits per heavy atom. The summed E-state index contributed by atoms with van der Waals surface area (Å²) in [6, 6.07) is 16.1. The molecule has 1 aromatic heterocycles. The summed E-state index contributed by atoms with van der Waals surface area (Å²) >= 11 is 0. The SMILES string of the molecule is O=C(O)CC1CCCc2c1c(-c1ccccc1)nn2-c1ccccc1[N+](=O)[O-]. The third kappa shape index (κ3) is 3.15. The molecule has 1 aliphatic rings. The minimum Gasteiger partial charge on any atom is -0.481 e. The molecule has 0 saturated carbocycles. The molecule has 4 rings (SSSR count). The Hall–Kier alpha value is -3.48. The van der Waals surface area contributed by atoms with E-state index >= 15 is 0 Å². The number of fused-ring (bicyclic) bond motifs is 1. The smallest absolute Gasteiger partial charge is 0.303 e. The summed E-state index contributed by atoms with van der Waals surface area (Å²) in [6.07, 6.45) is 2.32. The maximum atomic E-state index is 11.5. The van der Waals surface area contributed by atoms with E-state index in [9.17, 15) is 20.0 Å². The summed E-state index contributed by atoms with van der Waals surface area (Å²) in [5.74, 6) is -1.01. The number of aliphatic carboxylic acids is 1. The van der Waals surface area contributed by atoms with Crippen molar-refractivity contribution in [2.75, 3.05) is 0 Å². The lowest BCUT2D eigenvalue weighted by Gasteiger charge is -2.23. The molecule has 1 unspecified atom stereocenters. The summed E-state index contributed by atoms with van der Waals surface area (Å²) in [7, 11) is 0. The topological polar surface area (TPSA) is 98.3 Å². The highest BCUT2D eigenvalue weighted by molar-refractivity contribution is 5.72. The molecule has 0 spiro atoms. The number of nitrogens with zero attached hydrogens (tertiary/aromatic N) is 3. The van der Waals surface area contributed by atoms with Crippen LogP contribution in [0.5, 0.6) is 0 Å². The van der Waals surface area contributed by atoms with Crippen molar-refractivity contribution in [3.05, 3.63) is 76.0 Å². The van der Waals surface area contributed by atoms with E-state index < -0.39 is 10.9 Å². The highest BCUT2D eigenvalue weighted by Crippen LogP contribution is 2.42. The standard InChI is InChI=1S/C21H19N3O4/c25-19(26)13-15-9-6-12-18-20(15)21(14-7-2-1-3-8-14)22-23(18)16-10-4-5-11-17(16)24(27)28/h1-5,7-8,10-11,15H,6,9,12-13H2,(H,25,26). The maximum absolute atomic E-state index is 11.5. The van der Waals surface area contributed by atoms with Gasteiger partial charge in [-0.2, -0.15) is 5.10 Å². The Morgan fingerprint density at radius 2 is 1.89 bits per heavy atom. The quantitative estimate of drug-likeness (QED) is 0.527. The van der Waals surface area contributed by atoms with Crippen molar-refractivity contribution in [1.29, 1.82) is 0 Å². The van der Waals surface area contributed by atoms with Gasteiger partial charge in [0.1, 0.15) is 5.69 Å². The van der Waals surface area contributed by atoms with E-state index in [0.717, 1.165) is 29.7 Å². The van der Waals surface area contributed by atoms with Crippen molar-refractivity contribution >= 4 is 11.7 Å². The first-order chi connectivity index (χ1) is 13.6. The van der Waals surface area contributed by atoms with Gasteiger partial charge in [0.15, 0.2) is 0 Å². The van der Waals surface area contributed by atoms with Gasteiger partial charge in [0.25, 0.3) is 5.69 Å². The lowest BCUT2D eigenvalue weighted by molar-refractivity contribution is -0.384. The largest absolute Gasteiger partial charge is 0.481 e. The second-order valence-electron chi connectivity index (χ2n) is 6.92. The number of aromatic nitrogens is 2. The lowest BCUT2D eigenvalue weighted by Crippen LogP contribution is -2.15. The number of hydrogen-bond acceptors (Lipinski definition) is 4. The number of rotatable bonds is 5. The molecule has 0 fully saturated rings. The highest BCUT2D eigenvalue weighted by Gasteiger charge is 2.32. The predicted octanol–water partition coefficient (Wildman–Crippen LogP) is 4.34. The van der Waals surface area contributed by atoms with Crippen LogP contribution in [0.15, 0.2) is 54.6 Å². The average molecular weight is 377 g/mol. The predicted molar refractivity (Wildman–Crippen MR) is 104 cm³/mol. The number of carboxylic acids is 1. The van der Waals surface area contributed by atoms with Gasteiger partial charge in [0.2, 0.25) is 0 Å². The molecule has 1 N–H and O–H groups in total. The van der Waals surface area contributed by atoms with Gasteiger partial charge < -0.3 is 5.11 Å². The second-order valence-corrected chi connectivity index (χ2v) is 6.92. The fraction of sp³-hybridized carbons (Fsp3) is 0.238. The van der Waals surface area contributed by atoms with Crippen LogP contribution in [0.25, 0.3) is 16.9 Å². The molecule has 1 atom stereocenters. The van der Waals surface area contributed by atoms with Crippen molar-refractivity contribution < 1.29 is 14.8 Å². The van der Waals surface area contributed by atoms with E-state index in [1.165, 1.54) is 6.07 Å². The lowest BCUT2D eigenvalue weighted by atomic mass is 9.82. The number of carbonyl (C=O) groups is 1. The van der Waals surface area contributed by atoms with E-state index in [2.05, 4.69) is 0 Å². The van der Waals surface area contributed by atoms with Crippen molar-refractivity contribution in [2.45, 2.75) is 31.6 Å². The molecule has 0 saturated heterocycles. The average Bonchev–Trinajstić information content (AvgIpc) is 3.09. The molecule has 142 valence electrons. The minimum absolute atomic E-state index is 0.0206. The molecule has 0 radical (unpaired) electrons. The third-order valence-electron chi connectivity index (χ3n) is 5.17. The number of carboxylic acid groups (broad SMARTS) is 1. The van der Waals surface area contributed by atoms with Crippen LogP contribution in [0.1, 0.15) is 36.4 Å². The maximum Gasteiger partial charge on any atom is 0.303 e. The van der Waals surface area contributed by atoms with Gasteiger partial charge in [-0.3, -0.25) is 14.9 Å². The molecule has 7 heteroatoms. The Bertz CT molecular complexity index is 1040. The van der Waals surface area contributed by atoms with Crippen LogP contribution in [0.4, 0.5) is 5.69 Å². The first kappa shape index (κ1) is 17.9. The number of nitro benzene ring substituents is 1. The van der Waals surface area contributed by atoms with Crippen molar-refractivity contribution in [2.24, 2.45) is 0 Å². The molecule has 7 nitrogen and oxygen atoms in total. The van der Waals surface area contributed by atoms with Crippen LogP contribution in [-0.4, -0.2) is 25.8 Å². The third-order valence-corrected chi connectivity index (χ3v) is 5.17. The van der Waals surface area contributed by atoms with Gasteiger partial charge in [-0.25, -0.2) is 4.68 Å². The molecule has 3 aromatic rings. The van der Waals surface area contributed by atoms with Crippen LogP contribution in [0.3, 0.4) is 0 Å². The normalized spacial score (nSPS) is 15.8.